The van der Waals surface area contributed by atoms with Crippen molar-refractivity contribution in [3.05, 3.63) is 64.6 Å². The van der Waals surface area contributed by atoms with Crippen LogP contribution in [0.25, 0.3) is 11.3 Å². The molecule has 0 bridgehead atoms. The van der Waals surface area contributed by atoms with Gasteiger partial charge in [-0.2, -0.15) is 5.10 Å². The van der Waals surface area contributed by atoms with E-state index in [0.29, 0.717) is 29.1 Å². The van der Waals surface area contributed by atoms with Gasteiger partial charge in [0.25, 0.3) is 5.69 Å². The molecule has 0 radical (unpaired) electrons. The van der Waals surface area contributed by atoms with Crippen molar-refractivity contribution in [2.75, 3.05) is 0 Å². The number of pyridine rings is 1. The molecule has 1 aromatic carbocycles. The van der Waals surface area contributed by atoms with Crippen LogP contribution in [0.3, 0.4) is 0 Å². The highest BCUT2D eigenvalue weighted by atomic mass is 16.7. The average Bonchev–Trinajstić information content (AvgIpc) is 3.28. The van der Waals surface area contributed by atoms with Gasteiger partial charge in [-0.3, -0.25) is 24.6 Å². The van der Waals surface area contributed by atoms with Crippen LogP contribution in [0.5, 0.6) is 11.5 Å². The minimum Gasteiger partial charge on any atom is -0.489 e. The van der Waals surface area contributed by atoms with Gasteiger partial charge in [0.15, 0.2) is 0 Å². The zero-order chi connectivity index (χ0) is 27.9. The van der Waals surface area contributed by atoms with E-state index < -0.39 is 11.1 Å². The summed E-state index contributed by atoms with van der Waals surface area (Å²) in [7, 11) is 1.71. The van der Waals surface area contributed by atoms with Gasteiger partial charge in [-0.15, -0.1) is 0 Å². The molecule has 1 fully saturated rings. The second kappa shape index (κ2) is 12.4. The standard InChI is InChI=1S/C27H30N4O8/c1-17(2)37-26(32)18-5-4-6-21(13-18)38-22-11-12-24(28-14-22)23-15-29-30(3)25(23)16-36-27(33)39-20-9-7-19(8-10-20)31(34)35/h7-12,14-15,17-18,21H,4-6,13,16H2,1-3H3/t18-,21-/m0/s1. The van der Waals surface area contributed by atoms with Gasteiger partial charge in [-0.05, 0) is 63.8 Å². The highest BCUT2D eigenvalue weighted by molar-refractivity contribution is 5.72. The van der Waals surface area contributed by atoms with Gasteiger partial charge in [0.1, 0.15) is 18.1 Å². The number of carbonyl (C=O) groups excluding carboxylic acids is 2. The fraction of sp³-hybridized carbons (Fsp3) is 0.407. The Kier molecular flexibility index (Phi) is 8.74. The predicted octanol–water partition coefficient (Wildman–Crippen LogP) is 5.00. The second-order valence-corrected chi connectivity index (χ2v) is 9.49. The lowest BCUT2D eigenvalue weighted by Gasteiger charge is -2.28. The van der Waals surface area contributed by atoms with Crippen LogP contribution in [0.15, 0.2) is 48.8 Å². The predicted molar refractivity (Wildman–Crippen MR) is 138 cm³/mol. The molecule has 2 aromatic heterocycles. The maximum Gasteiger partial charge on any atom is 0.514 e. The Hall–Kier alpha value is -4.48. The van der Waals surface area contributed by atoms with Crippen molar-refractivity contribution in [1.82, 2.24) is 14.8 Å². The number of nitrogens with zero attached hydrogens (tertiary/aromatic N) is 4. The maximum absolute atomic E-state index is 12.3. The molecule has 0 unspecified atom stereocenters. The molecule has 206 valence electrons. The van der Waals surface area contributed by atoms with E-state index in [4.69, 9.17) is 18.9 Å². The lowest BCUT2D eigenvalue weighted by Crippen LogP contribution is -2.31. The van der Waals surface area contributed by atoms with Gasteiger partial charge in [-0.25, -0.2) is 4.79 Å². The van der Waals surface area contributed by atoms with Crippen LogP contribution in [0.2, 0.25) is 0 Å². The summed E-state index contributed by atoms with van der Waals surface area (Å²) in [6, 6.07) is 8.68. The van der Waals surface area contributed by atoms with Gasteiger partial charge in [0, 0.05) is 24.7 Å². The SMILES string of the molecule is CC(C)OC(=O)[C@H]1CCC[C@H](Oc2ccc(-c3cnn(C)c3COC(=O)Oc3ccc([N+](=O)[O-])cc3)nc2)C1. The first-order valence-corrected chi connectivity index (χ1v) is 12.6. The molecule has 2 heterocycles. The van der Waals surface area contributed by atoms with Gasteiger partial charge in [0.05, 0.1) is 46.8 Å². The quantitative estimate of drug-likeness (QED) is 0.158. The zero-order valence-corrected chi connectivity index (χ0v) is 21.9. The summed E-state index contributed by atoms with van der Waals surface area (Å²) in [5.41, 5.74) is 1.75. The molecule has 4 rings (SSSR count). The first-order valence-electron chi connectivity index (χ1n) is 12.6. The van der Waals surface area contributed by atoms with Crippen LogP contribution in [0.4, 0.5) is 10.5 Å². The third kappa shape index (κ3) is 7.30. The first-order chi connectivity index (χ1) is 18.7. The lowest BCUT2D eigenvalue weighted by molar-refractivity contribution is -0.384. The number of aryl methyl sites for hydroxylation is 1. The minimum absolute atomic E-state index is 0.0970. The van der Waals surface area contributed by atoms with E-state index in [1.165, 1.54) is 24.3 Å². The van der Waals surface area contributed by atoms with Crippen molar-refractivity contribution < 1.29 is 33.5 Å². The molecular weight excluding hydrogens is 508 g/mol. The molecule has 0 amide bonds. The molecule has 1 aliphatic rings. The van der Waals surface area contributed by atoms with E-state index >= 15 is 0 Å². The maximum atomic E-state index is 12.3. The first kappa shape index (κ1) is 27.6. The van der Waals surface area contributed by atoms with Crippen molar-refractivity contribution in [3.63, 3.8) is 0 Å². The molecule has 0 saturated heterocycles. The van der Waals surface area contributed by atoms with E-state index in [1.807, 2.05) is 13.8 Å². The summed E-state index contributed by atoms with van der Waals surface area (Å²) in [4.78, 5) is 39.2. The summed E-state index contributed by atoms with van der Waals surface area (Å²) < 4.78 is 23.4. The number of nitro benzene ring substituents is 1. The van der Waals surface area contributed by atoms with Crippen LogP contribution in [0, 0.1) is 16.0 Å². The Morgan fingerprint density at radius 3 is 2.51 bits per heavy atom. The summed E-state index contributed by atoms with van der Waals surface area (Å²) in [5, 5.41) is 15.0. The van der Waals surface area contributed by atoms with Crippen molar-refractivity contribution in [3.8, 4) is 22.8 Å². The van der Waals surface area contributed by atoms with Crippen molar-refractivity contribution >= 4 is 17.8 Å². The van der Waals surface area contributed by atoms with Crippen molar-refractivity contribution in [2.45, 2.75) is 58.3 Å². The number of esters is 1. The third-order valence-corrected chi connectivity index (χ3v) is 6.26. The number of hydrogen-bond donors (Lipinski definition) is 0. The number of rotatable bonds is 9. The Balaban J connectivity index is 1.34. The van der Waals surface area contributed by atoms with E-state index in [9.17, 15) is 19.7 Å². The fourth-order valence-electron chi connectivity index (χ4n) is 4.33. The fourth-order valence-corrected chi connectivity index (χ4v) is 4.33. The molecule has 2 atom stereocenters. The third-order valence-electron chi connectivity index (χ3n) is 6.26. The zero-order valence-electron chi connectivity index (χ0n) is 21.9. The van der Waals surface area contributed by atoms with E-state index in [-0.39, 0.29) is 42.1 Å². The van der Waals surface area contributed by atoms with Crippen molar-refractivity contribution in [1.29, 1.82) is 0 Å². The highest BCUT2D eigenvalue weighted by Gasteiger charge is 2.30. The van der Waals surface area contributed by atoms with Crippen LogP contribution in [0.1, 0.15) is 45.2 Å². The highest BCUT2D eigenvalue weighted by Crippen LogP contribution is 2.30. The normalized spacial score (nSPS) is 16.9. The summed E-state index contributed by atoms with van der Waals surface area (Å²) in [6.45, 7) is 3.55. The number of nitro groups is 1. The smallest absolute Gasteiger partial charge is 0.489 e. The number of carbonyl (C=O) groups is 2. The average molecular weight is 539 g/mol. The van der Waals surface area contributed by atoms with Crippen LogP contribution in [-0.4, -0.2) is 44.0 Å². The van der Waals surface area contributed by atoms with E-state index in [1.54, 1.807) is 36.3 Å². The van der Waals surface area contributed by atoms with Gasteiger partial charge in [0.2, 0.25) is 0 Å². The Labute approximate surface area is 225 Å². The molecule has 0 aliphatic heterocycles. The summed E-state index contributed by atoms with van der Waals surface area (Å²) in [6.07, 6.45) is 5.19. The summed E-state index contributed by atoms with van der Waals surface area (Å²) in [5.74, 6) is 0.377. The molecule has 1 aliphatic carbocycles. The van der Waals surface area contributed by atoms with E-state index in [2.05, 4.69) is 10.1 Å². The number of non-ortho nitro benzene ring substituents is 1. The molecule has 39 heavy (non-hydrogen) atoms. The van der Waals surface area contributed by atoms with Gasteiger partial charge >= 0.3 is 12.1 Å². The molecule has 1 saturated carbocycles. The largest absolute Gasteiger partial charge is 0.514 e. The van der Waals surface area contributed by atoms with Crippen molar-refractivity contribution in [2.24, 2.45) is 13.0 Å². The number of hydrogen-bond acceptors (Lipinski definition) is 10. The lowest BCUT2D eigenvalue weighted by atomic mass is 9.87. The molecule has 0 spiro atoms. The van der Waals surface area contributed by atoms with E-state index in [0.717, 1.165) is 19.3 Å². The number of aromatic nitrogens is 3. The molecule has 0 N–H and O–H groups in total. The number of benzene rings is 1. The second-order valence-electron chi connectivity index (χ2n) is 9.49. The Bertz CT molecular complexity index is 1300. The van der Waals surface area contributed by atoms with Crippen LogP contribution >= 0.6 is 0 Å². The van der Waals surface area contributed by atoms with Gasteiger partial charge in [-0.1, -0.05) is 0 Å². The van der Waals surface area contributed by atoms with Gasteiger partial charge < -0.3 is 18.9 Å². The van der Waals surface area contributed by atoms with Crippen LogP contribution in [-0.2, 0) is 27.9 Å². The Morgan fingerprint density at radius 1 is 1.10 bits per heavy atom. The molecule has 12 heteroatoms. The molecule has 12 nitrogen and oxygen atoms in total. The summed E-state index contributed by atoms with van der Waals surface area (Å²) >= 11 is 0. The van der Waals surface area contributed by atoms with Crippen LogP contribution < -0.4 is 9.47 Å². The molecular formula is C27H30N4O8. The monoisotopic (exact) mass is 538 g/mol. The topological polar surface area (TPSA) is 145 Å². The minimum atomic E-state index is -0.962. The Morgan fingerprint density at radius 2 is 1.85 bits per heavy atom. The molecule has 3 aromatic rings. The number of ether oxygens (including phenoxy) is 4.